The molecule has 1 heterocycles. The maximum absolute atomic E-state index is 5.41. The smallest absolute Gasteiger partial charge is 0.124 e. The second-order valence-electron chi connectivity index (χ2n) is 3.86. The summed E-state index contributed by atoms with van der Waals surface area (Å²) >= 11 is 1.70. The minimum atomic E-state index is 0.292. The number of thiophene rings is 1. The zero-order valence-corrected chi connectivity index (χ0v) is 11.0. The second kappa shape index (κ2) is 5.73. The lowest BCUT2D eigenvalue weighted by atomic mass is 10.0. The van der Waals surface area contributed by atoms with E-state index in [9.17, 15) is 0 Å². The van der Waals surface area contributed by atoms with Crippen LogP contribution in [0.25, 0.3) is 0 Å². The first-order valence-corrected chi connectivity index (χ1v) is 6.71. The number of nitrogens with one attached hydrogen (secondary N) is 1. The van der Waals surface area contributed by atoms with Gasteiger partial charge in [-0.2, -0.15) is 11.3 Å². The summed E-state index contributed by atoms with van der Waals surface area (Å²) in [5.74, 6) is 0.946. The van der Waals surface area contributed by atoms with Gasteiger partial charge in [0.1, 0.15) is 5.75 Å². The van der Waals surface area contributed by atoms with Gasteiger partial charge >= 0.3 is 0 Å². The van der Waals surface area contributed by atoms with E-state index in [1.807, 2.05) is 12.1 Å². The summed E-state index contributed by atoms with van der Waals surface area (Å²) in [7, 11) is 1.72. The summed E-state index contributed by atoms with van der Waals surface area (Å²) in [6.07, 6.45) is 1.02. The van der Waals surface area contributed by atoms with E-state index in [1.165, 1.54) is 11.3 Å². The van der Waals surface area contributed by atoms with Crippen molar-refractivity contribution in [1.82, 2.24) is 0 Å². The molecular formula is C14H17NOS. The van der Waals surface area contributed by atoms with E-state index >= 15 is 0 Å². The van der Waals surface area contributed by atoms with Crippen LogP contribution >= 0.6 is 11.3 Å². The fraction of sp³-hybridized carbons (Fsp3) is 0.286. The van der Waals surface area contributed by atoms with Gasteiger partial charge in [-0.3, -0.25) is 0 Å². The van der Waals surface area contributed by atoms with E-state index in [4.69, 9.17) is 4.74 Å². The molecular weight excluding hydrogens is 230 g/mol. The zero-order valence-electron chi connectivity index (χ0n) is 10.1. The largest absolute Gasteiger partial charge is 0.496 e. The first kappa shape index (κ1) is 12.0. The van der Waals surface area contributed by atoms with Gasteiger partial charge in [-0.15, -0.1) is 0 Å². The summed E-state index contributed by atoms with van der Waals surface area (Å²) in [4.78, 5) is 0. The number of methoxy groups -OCH3 is 1. The molecule has 17 heavy (non-hydrogen) atoms. The number of benzene rings is 1. The molecule has 0 aliphatic carbocycles. The van der Waals surface area contributed by atoms with E-state index < -0.39 is 0 Å². The molecule has 0 spiro atoms. The monoisotopic (exact) mass is 247 g/mol. The van der Waals surface area contributed by atoms with Crippen LogP contribution in [0.1, 0.15) is 24.9 Å². The van der Waals surface area contributed by atoms with Gasteiger partial charge in [0.25, 0.3) is 0 Å². The quantitative estimate of drug-likeness (QED) is 0.849. The predicted molar refractivity (Wildman–Crippen MR) is 74.0 cm³/mol. The van der Waals surface area contributed by atoms with Crippen molar-refractivity contribution in [3.8, 4) is 5.75 Å². The van der Waals surface area contributed by atoms with Crippen molar-refractivity contribution in [2.24, 2.45) is 0 Å². The number of hydrogen-bond donors (Lipinski definition) is 1. The zero-order chi connectivity index (χ0) is 12.1. The third-order valence-electron chi connectivity index (χ3n) is 2.78. The Balaban J connectivity index is 2.22. The molecule has 2 rings (SSSR count). The number of hydrogen-bond acceptors (Lipinski definition) is 3. The van der Waals surface area contributed by atoms with Gasteiger partial charge in [0.2, 0.25) is 0 Å². The van der Waals surface area contributed by atoms with E-state index in [0.29, 0.717) is 6.04 Å². The molecule has 90 valence electrons. The number of para-hydroxylation sites is 1. The Morgan fingerprint density at radius 3 is 2.76 bits per heavy atom. The van der Waals surface area contributed by atoms with Crippen LogP contribution in [0.5, 0.6) is 5.75 Å². The summed E-state index contributed by atoms with van der Waals surface area (Å²) in [5.41, 5.74) is 2.39. The third kappa shape index (κ3) is 2.80. The van der Waals surface area contributed by atoms with Crippen LogP contribution in [0.4, 0.5) is 5.69 Å². The summed E-state index contributed by atoms with van der Waals surface area (Å²) in [6, 6.07) is 10.6. The average Bonchev–Trinajstić information content (AvgIpc) is 2.89. The molecule has 2 aromatic rings. The molecule has 0 aliphatic heterocycles. The van der Waals surface area contributed by atoms with Crippen LogP contribution in [0, 0.1) is 0 Å². The lowest BCUT2D eigenvalue weighted by Crippen LogP contribution is -2.10. The molecule has 0 saturated carbocycles. The molecule has 1 atom stereocenters. The van der Waals surface area contributed by atoms with Crippen LogP contribution in [0.2, 0.25) is 0 Å². The fourth-order valence-corrected chi connectivity index (χ4v) is 2.50. The standard InChI is InChI=1S/C14H17NOS/c1-3-13(15-11-8-9-17-10-11)12-6-4-5-7-14(12)16-2/h4-10,13,15H,3H2,1-2H3. The molecule has 1 unspecified atom stereocenters. The number of anilines is 1. The molecule has 1 aromatic heterocycles. The Hall–Kier alpha value is -1.48. The van der Waals surface area contributed by atoms with Gasteiger partial charge in [-0.1, -0.05) is 25.1 Å². The van der Waals surface area contributed by atoms with E-state index in [-0.39, 0.29) is 0 Å². The van der Waals surface area contributed by atoms with Crippen LogP contribution in [-0.2, 0) is 0 Å². The van der Waals surface area contributed by atoms with Crippen molar-refractivity contribution < 1.29 is 4.74 Å². The van der Waals surface area contributed by atoms with E-state index in [0.717, 1.165) is 12.2 Å². The highest BCUT2D eigenvalue weighted by atomic mass is 32.1. The SMILES string of the molecule is CCC(Nc1ccsc1)c1ccccc1OC. The van der Waals surface area contributed by atoms with E-state index in [2.05, 4.69) is 41.2 Å². The highest BCUT2D eigenvalue weighted by Gasteiger charge is 2.13. The van der Waals surface area contributed by atoms with Gasteiger partial charge in [0.05, 0.1) is 13.2 Å². The molecule has 0 aliphatic rings. The van der Waals surface area contributed by atoms with Crippen molar-refractivity contribution in [2.45, 2.75) is 19.4 Å². The molecule has 1 aromatic carbocycles. The Bertz CT molecular complexity index is 453. The van der Waals surface area contributed by atoms with Gasteiger partial charge in [-0.05, 0) is 23.9 Å². The summed E-state index contributed by atoms with van der Waals surface area (Å²) in [5, 5.41) is 7.73. The lowest BCUT2D eigenvalue weighted by molar-refractivity contribution is 0.406. The van der Waals surface area contributed by atoms with Gasteiger partial charge in [0.15, 0.2) is 0 Å². The van der Waals surface area contributed by atoms with Crippen molar-refractivity contribution in [3.05, 3.63) is 46.7 Å². The minimum Gasteiger partial charge on any atom is -0.496 e. The van der Waals surface area contributed by atoms with Crippen molar-refractivity contribution in [2.75, 3.05) is 12.4 Å². The average molecular weight is 247 g/mol. The molecule has 0 amide bonds. The van der Waals surface area contributed by atoms with Gasteiger partial charge < -0.3 is 10.1 Å². The Morgan fingerprint density at radius 1 is 1.29 bits per heavy atom. The third-order valence-corrected chi connectivity index (χ3v) is 3.47. The predicted octanol–water partition coefficient (Wildman–Crippen LogP) is 4.32. The lowest BCUT2D eigenvalue weighted by Gasteiger charge is -2.20. The molecule has 3 heteroatoms. The maximum Gasteiger partial charge on any atom is 0.124 e. The first-order valence-electron chi connectivity index (χ1n) is 5.76. The molecule has 0 bridgehead atoms. The highest BCUT2D eigenvalue weighted by molar-refractivity contribution is 7.08. The molecule has 0 fully saturated rings. The van der Waals surface area contributed by atoms with Crippen molar-refractivity contribution >= 4 is 17.0 Å². The molecule has 0 radical (unpaired) electrons. The van der Waals surface area contributed by atoms with Crippen LogP contribution in [0.3, 0.4) is 0 Å². The Kier molecular flexibility index (Phi) is 4.04. The molecule has 2 nitrogen and oxygen atoms in total. The second-order valence-corrected chi connectivity index (χ2v) is 4.64. The topological polar surface area (TPSA) is 21.3 Å². The minimum absolute atomic E-state index is 0.292. The van der Waals surface area contributed by atoms with Gasteiger partial charge in [0, 0.05) is 16.6 Å². The van der Waals surface area contributed by atoms with Crippen molar-refractivity contribution in [1.29, 1.82) is 0 Å². The van der Waals surface area contributed by atoms with Crippen molar-refractivity contribution in [3.63, 3.8) is 0 Å². The van der Waals surface area contributed by atoms with Crippen LogP contribution in [0.15, 0.2) is 41.1 Å². The fourth-order valence-electron chi connectivity index (χ4n) is 1.90. The number of rotatable bonds is 5. The normalized spacial score (nSPS) is 12.1. The van der Waals surface area contributed by atoms with Gasteiger partial charge in [-0.25, -0.2) is 0 Å². The summed E-state index contributed by atoms with van der Waals surface area (Å²) in [6.45, 7) is 2.18. The first-order chi connectivity index (χ1) is 8.35. The Labute approximate surface area is 106 Å². The van der Waals surface area contributed by atoms with Crippen LogP contribution in [-0.4, -0.2) is 7.11 Å². The molecule has 0 saturated heterocycles. The number of ether oxygens (including phenoxy) is 1. The van der Waals surface area contributed by atoms with Crippen LogP contribution < -0.4 is 10.1 Å². The van der Waals surface area contributed by atoms with E-state index in [1.54, 1.807) is 18.4 Å². The molecule has 1 N–H and O–H groups in total. The maximum atomic E-state index is 5.41. The Morgan fingerprint density at radius 2 is 2.12 bits per heavy atom. The highest BCUT2D eigenvalue weighted by Crippen LogP contribution is 2.30. The summed E-state index contributed by atoms with van der Waals surface area (Å²) < 4.78 is 5.41.